The molecule has 0 bridgehead atoms. The zero-order valence-electron chi connectivity index (χ0n) is 10.2. The van der Waals surface area contributed by atoms with Crippen molar-refractivity contribution in [2.45, 2.75) is 65.9 Å². The van der Waals surface area contributed by atoms with Crippen LogP contribution in [-0.2, 0) is 9.53 Å². The van der Waals surface area contributed by atoms with Crippen LogP contribution >= 0.6 is 0 Å². The molecule has 84 valence electrons. The summed E-state index contributed by atoms with van der Waals surface area (Å²) < 4.78 is 5.21. The van der Waals surface area contributed by atoms with Gasteiger partial charge in [-0.25, -0.2) is 0 Å². The maximum Gasteiger partial charge on any atom is 0.303 e. The second kappa shape index (κ2) is 6.05. The van der Waals surface area contributed by atoms with Gasteiger partial charge >= 0.3 is 5.97 Å². The lowest BCUT2D eigenvalue weighted by molar-refractivity contribution is -0.154. The zero-order chi connectivity index (χ0) is 11.2. The number of hydrogen-bond acceptors (Lipinski definition) is 2. The Balaban J connectivity index is 3.70. The van der Waals surface area contributed by atoms with E-state index in [1.807, 2.05) is 13.8 Å². The van der Waals surface area contributed by atoms with Gasteiger partial charge in [0.2, 0.25) is 0 Å². The molecule has 0 saturated carbocycles. The van der Waals surface area contributed by atoms with Crippen LogP contribution in [0, 0.1) is 5.92 Å². The van der Waals surface area contributed by atoms with Crippen LogP contribution in [0.4, 0.5) is 0 Å². The molecule has 0 unspecified atom stereocenters. The number of ether oxygens (including phenoxy) is 1. The average molecular weight is 200 g/mol. The molecule has 0 saturated heterocycles. The lowest BCUT2D eigenvalue weighted by atomic mass is 9.95. The minimum atomic E-state index is -0.292. The number of hydrogen-bond donors (Lipinski definition) is 0. The van der Waals surface area contributed by atoms with Crippen LogP contribution in [0.1, 0.15) is 60.3 Å². The Labute approximate surface area is 88.0 Å². The van der Waals surface area contributed by atoms with Crippen LogP contribution in [0.25, 0.3) is 0 Å². The molecule has 14 heavy (non-hydrogen) atoms. The summed E-state index contributed by atoms with van der Waals surface area (Å²) in [6, 6.07) is 0. The summed E-state index contributed by atoms with van der Waals surface area (Å²) in [4.78, 5) is 10.8. The summed E-state index contributed by atoms with van der Waals surface area (Å²) in [6.45, 7) is 9.90. The van der Waals surface area contributed by atoms with E-state index in [2.05, 4.69) is 13.8 Å². The first kappa shape index (κ1) is 13.5. The first-order valence-electron chi connectivity index (χ1n) is 5.57. The molecule has 0 aromatic rings. The van der Waals surface area contributed by atoms with E-state index >= 15 is 0 Å². The van der Waals surface area contributed by atoms with Crippen LogP contribution < -0.4 is 0 Å². The quantitative estimate of drug-likeness (QED) is 0.613. The van der Waals surface area contributed by atoms with Gasteiger partial charge < -0.3 is 4.74 Å². The molecule has 0 aliphatic rings. The maximum atomic E-state index is 10.8. The summed E-state index contributed by atoms with van der Waals surface area (Å²) in [5.41, 5.74) is -0.292. The second-order valence-corrected chi connectivity index (χ2v) is 4.76. The van der Waals surface area contributed by atoms with Gasteiger partial charge in [-0.2, -0.15) is 0 Å². The maximum absolute atomic E-state index is 10.8. The number of carbonyl (C=O) groups excluding carboxylic acids is 1. The fraction of sp³-hybridized carbons (Fsp3) is 0.917. The Hall–Kier alpha value is -0.530. The summed E-state index contributed by atoms with van der Waals surface area (Å²) in [5.74, 6) is 0.599. The highest BCUT2D eigenvalue weighted by Gasteiger charge is 2.20. The lowest BCUT2D eigenvalue weighted by Crippen LogP contribution is -2.26. The van der Waals surface area contributed by atoms with E-state index in [1.54, 1.807) is 0 Å². The van der Waals surface area contributed by atoms with Gasteiger partial charge in [-0.05, 0) is 32.6 Å². The van der Waals surface area contributed by atoms with Gasteiger partial charge in [0.25, 0.3) is 0 Å². The summed E-state index contributed by atoms with van der Waals surface area (Å²) in [6.07, 6.45) is 4.54. The Kier molecular flexibility index (Phi) is 5.82. The molecule has 0 aliphatic carbocycles. The van der Waals surface area contributed by atoms with Gasteiger partial charge in [0.1, 0.15) is 5.60 Å². The molecule has 0 radical (unpaired) electrons. The molecule has 0 heterocycles. The third-order valence-electron chi connectivity index (χ3n) is 2.59. The van der Waals surface area contributed by atoms with Crippen LogP contribution in [0.3, 0.4) is 0 Å². The van der Waals surface area contributed by atoms with Crippen molar-refractivity contribution >= 4 is 5.97 Å². The van der Waals surface area contributed by atoms with E-state index in [4.69, 9.17) is 4.74 Å². The Morgan fingerprint density at radius 1 is 1.43 bits per heavy atom. The molecule has 0 aromatic carbocycles. The minimum Gasteiger partial charge on any atom is -0.460 e. The molecule has 0 rings (SSSR count). The molecular weight excluding hydrogens is 176 g/mol. The van der Waals surface area contributed by atoms with Crippen molar-refractivity contribution in [2.75, 3.05) is 0 Å². The van der Waals surface area contributed by atoms with Gasteiger partial charge in [0.15, 0.2) is 0 Å². The predicted molar refractivity (Wildman–Crippen MR) is 59.2 cm³/mol. The predicted octanol–water partition coefficient (Wildman–Crippen LogP) is 3.54. The van der Waals surface area contributed by atoms with Crippen molar-refractivity contribution in [3.8, 4) is 0 Å². The summed E-state index contributed by atoms with van der Waals surface area (Å²) in [5, 5.41) is 0. The molecule has 0 spiro atoms. The largest absolute Gasteiger partial charge is 0.460 e. The fourth-order valence-corrected chi connectivity index (χ4v) is 1.52. The fourth-order valence-electron chi connectivity index (χ4n) is 1.52. The van der Waals surface area contributed by atoms with Crippen LogP contribution in [-0.4, -0.2) is 11.6 Å². The third kappa shape index (κ3) is 6.93. The zero-order valence-corrected chi connectivity index (χ0v) is 10.2. The van der Waals surface area contributed by atoms with Crippen molar-refractivity contribution in [3.05, 3.63) is 0 Å². The molecule has 2 heteroatoms. The van der Waals surface area contributed by atoms with Crippen molar-refractivity contribution in [1.29, 1.82) is 0 Å². The first-order valence-corrected chi connectivity index (χ1v) is 5.57. The Morgan fingerprint density at radius 2 is 2.00 bits per heavy atom. The molecule has 1 atom stereocenters. The van der Waals surface area contributed by atoms with Gasteiger partial charge in [-0.15, -0.1) is 0 Å². The summed E-state index contributed by atoms with van der Waals surface area (Å²) >= 11 is 0. The molecule has 0 aliphatic heterocycles. The van der Waals surface area contributed by atoms with E-state index in [1.165, 1.54) is 19.8 Å². The van der Waals surface area contributed by atoms with Crippen molar-refractivity contribution in [1.82, 2.24) is 0 Å². The van der Waals surface area contributed by atoms with Crippen LogP contribution in [0.15, 0.2) is 0 Å². The van der Waals surface area contributed by atoms with E-state index < -0.39 is 0 Å². The molecular formula is C12H24O2. The molecule has 0 amide bonds. The van der Waals surface area contributed by atoms with E-state index in [-0.39, 0.29) is 11.6 Å². The molecule has 0 N–H and O–H groups in total. The number of carbonyl (C=O) groups is 1. The smallest absolute Gasteiger partial charge is 0.303 e. The highest BCUT2D eigenvalue weighted by atomic mass is 16.6. The normalized spacial score (nSPS) is 13.8. The van der Waals surface area contributed by atoms with Gasteiger partial charge in [0, 0.05) is 6.92 Å². The van der Waals surface area contributed by atoms with Gasteiger partial charge in [-0.1, -0.05) is 26.7 Å². The van der Waals surface area contributed by atoms with E-state index in [0.29, 0.717) is 0 Å². The van der Waals surface area contributed by atoms with Gasteiger partial charge in [0.05, 0.1) is 0 Å². The molecule has 0 aromatic heterocycles. The van der Waals surface area contributed by atoms with Gasteiger partial charge in [-0.3, -0.25) is 4.79 Å². The Bertz CT molecular complexity index is 173. The highest BCUT2D eigenvalue weighted by molar-refractivity contribution is 5.66. The second-order valence-electron chi connectivity index (χ2n) is 4.76. The standard InChI is InChI=1S/C12H24O2/c1-6-10(2)8-7-9-12(4,5)14-11(3)13/h10H,6-9H2,1-5H3/t10-/m1/s1. The third-order valence-corrected chi connectivity index (χ3v) is 2.59. The number of esters is 1. The van der Waals surface area contributed by atoms with Crippen molar-refractivity contribution in [2.24, 2.45) is 5.92 Å². The monoisotopic (exact) mass is 200 g/mol. The topological polar surface area (TPSA) is 26.3 Å². The average Bonchev–Trinajstić information content (AvgIpc) is 2.01. The van der Waals surface area contributed by atoms with Crippen LogP contribution in [0.2, 0.25) is 0 Å². The molecule has 0 fully saturated rings. The SMILES string of the molecule is CC[C@@H](C)CCCC(C)(C)OC(C)=O. The highest BCUT2D eigenvalue weighted by Crippen LogP contribution is 2.20. The van der Waals surface area contributed by atoms with Crippen molar-refractivity contribution < 1.29 is 9.53 Å². The Morgan fingerprint density at radius 3 is 2.43 bits per heavy atom. The summed E-state index contributed by atoms with van der Waals surface area (Å²) in [7, 11) is 0. The van der Waals surface area contributed by atoms with E-state index in [0.717, 1.165) is 18.8 Å². The number of rotatable bonds is 6. The minimum absolute atomic E-state index is 0.182. The molecule has 2 nitrogen and oxygen atoms in total. The lowest BCUT2D eigenvalue weighted by Gasteiger charge is -2.24. The first-order chi connectivity index (χ1) is 6.37. The van der Waals surface area contributed by atoms with Crippen molar-refractivity contribution in [3.63, 3.8) is 0 Å². The van der Waals surface area contributed by atoms with Crippen LogP contribution in [0.5, 0.6) is 0 Å². The van der Waals surface area contributed by atoms with E-state index in [9.17, 15) is 4.79 Å².